The van der Waals surface area contributed by atoms with Gasteiger partial charge in [0, 0.05) is 23.3 Å². The zero-order valence-electron chi connectivity index (χ0n) is 11.4. The standard InChI is InChI=1S/C15H14ClN3O2/c1-2-19-9-5-7-12(15(19)21)14(20)18-17-10-11-6-3-4-8-13(11)16/h3-10H,2H2,1H3,(H,18,20)/b17-10-. The van der Waals surface area contributed by atoms with Gasteiger partial charge in [-0.3, -0.25) is 9.59 Å². The van der Waals surface area contributed by atoms with Crippen LogP contribution < -0.4 is 11.0 Å². The molecule has 0 radical (unpaired) electrons. The summed E-state index contributed by atoms with van der Waals surface area (Å²) in [7, 11) is 0. The minimum Gasteiger partial charge on any atom is -0.315 e. The Morgan fingerprint density at radius 1 is 1.33 bits per heavy atom. The Morgan fingerprint density at radius 3 is 2.81 bits per heavy atom. The summed E-state index contributed by atoms with van der Waals surface area (Å²) in [6.45, 7) is 2.33. The van der Waals surface area contributed by atoms with Gasteiger partial charge in [-0.2, -0.15) is 5.10 Å². The molecule has 0 fully saturated rings. The number of halogens is 1. The molecule has 0 atom stereocenters. The molecule has 5 nitrogen and oxygen atoms in total. The van der Waals surface area contributed by atoms with Crippen molar-refractivity contribution in [2.24, 2.45) is 5.10 Å². The summed E-state index contributed by atoms with van der Waals surface area (Å²) >= 11 is 5.96. The molecule has 1 amide bonds. The number of pyridine rings is 1. The first-order chi connectivity index (χ1) is 10.1. The van der Waals surface area contributed by atoms with Crippen LogP contribution in [-0.2, 0) is 6.54 Å². The maximum Gasteiger partial charge on any atom is 0.276 e. The summed E-state index contributed by atoms with van der Waals surface area (Å²) in [6.07, 6.45) is 3.06. The molecular weight excluding hydrogens is 290 g/mol. The summed E-state index contributed by atoms with van der Waals surface area (Å²) < 4.78 is 1.45. The van der Waals surface area contributed by atoms with Crippen molar-refractivity contribution in [3.8, 4) is 0 Å². The van der Waals surface area contributed by atoms with Crippen LogP contribution in [0.2, 0.25) is 5.02 Å². The molecule has 6 heteroatoms. The van der Waals surface area contributed by atoms with E-state index < -0.39 is 5.91 Å². The zero-order chi connectivity index (χ0) is 15.2. The topological polar surface area (TPSA) is 63.5 Å². The van der Waals surface area contributed by atoms with Gasteiger partial charge in [0.15, 0.2) is 0 Å². The highest BCUT2D eigenvalue weighted by molar-refractivity contribution is 6.33. The van der Waals surface area contributed by atoms with Crippen molar-refractivity contribution < 1.29 is 4.79 Å². The van der Waals surface area contributed by atoms with E-state index in [1.165, 1.54) is 16.8 Å². The molecule has 1 N–H and O–H groups in total. The second-order valence-electron chi connectivity index (χ2n) is 4.23. The molecule has 108 valence electrons. The van der Waals surface area contributed by atoms with Gasteiger partial charge in [0.25, 0.3) is 11.5 Å². The Morgan fingerprint density at radius 2 is 2.10 bits per heavy atom. The molecule has 1 aromatic carbocycles. The molecule has 0 unspecified atom stereocenters. The minimum absolute atomic E-state index is 0.0515. The number of benzene rings is 1. The van der Waals surface area contributed by atoms with E-state index in [4.69, 9.17) is 11.6 Å². The predicted octanol–water partition coefficient (Wildman–Crippen LogP) is 2.29. The Balaban J connectivity index is 2.13. The lowest BCUT2D eigenvalue weighted by molar-refractivity contribution is 0.0953. The van der Waals surface area contributed by atoms with Gasteiger partial charge in [-0.05, 0) is 25.1 Å². The van der Waals surface area contributed by atoms with Gasteiger partial charge in [0.05, 0.1) is 6.21 Å². The summed E-state index contributed by atoms with van der Waals surface area (Å²) in [4.78, 5) is 23.9. The van der Waals surface area contributed by atoms with Crippen LogP contribution >= 0.6 is 11.6 Å². The third kappa shape index (κ3) is 3.58. The second kappa shape index (κ2) is 6.85. The molecule has 1 heterocycles. The van der Waals surface area contributed by atoms with Crippen molar-refractivity contribution in [1.29, 1.82) is 0 Å². The number of rotatable bonds is 4. The number of hydrazone groups is 1. The van der Waals surface area contributed by atoms with E-state index >= 15 is 0 Å². The zero-order valence-corrected chi connectivity index (χ0v) is 12.2. The molecule has 0 bridgehead atoms. The van der Waals surface area contributed by atoms with E-state index in [0.29, 0.717) is 17.1 Å². The number of carbonyl (C=O) groups is 1. The first-order valence-electron chi connectivity index (χ1n) is 6.41. The third-order valence-corrected chi connectivity index (χ3v) is 3.22. The summed E-state index contributed by atoms with van der Waals surface area (Å²) in [6, 6.07) is 10.2. The highest BCUT2D eigenvalue weighted by Crippen LogP contribution is 2.11. The Labute approximate surface area is 126 Å². The highest BCUT2D eigenvalue weighted by atomic mass is 35.5. The number of aryl methyl sites for hydroxylation is 1. The molecule has 2 aromatic rings. The van der Waals surface area contributed by atoms with Crippen molar-refractivity contribution in [2.45, 2.75) is 13.5 Å². The largest absolute Gasteiger partial charge is 0.315 e. The van der Waals surface area contributed by atoms with E-state index in [1.54, 1.807) is 30.5 Å². The average molecular weight is 304 g/mol. The van der Waals surface area contributed by atoms with Crippen molar-refractivity contribution in [2.75, 3.05) is 0 Å². The Kier molecular flexibility index (Phi) is 4.90. The number of aromatic nitrogens is 1. The first-order valence-corrected chi connectivity index (χ1v) is 6.78. The highest BCUT2D eigenvalue weighted by Gasteiger charge is 2.10. The first kappa shape index (κ1) is 15.0. The smallest absolute Gasteiger partial charge is 0.276 e. The van der Waals surface area contributed by atoms with Crippen molar-refractivity contribution in [1.82, 2.24) is 9.99 Å². The van der Waals surface area contributed by atoms with Crippen LogP contribution in [0.1, 0.15) is 22.8 Å². The van der Waals surface area contributed by atoms with Crippen LogP contribution in [0.5, 0.6) is 0 Å². The van der Waals surface area contributed by atoms with Crippen LogP contribution in [-0.4, -0.2) is 16.7 Å². The lowest BCUT2D eigenvalue weighted by atomic mass is 10.2. The summed E-state index contributed by atoms with van der Waals surface area (Å²) in [5.41, 5.74) is 2.71. The maximum atomic E-state index is 12.0. The SMILES string of the molecule is CCn1cccc(C(=O)N/N=C\c2ccccc2Cl)c1=O. The van der Waals surface area contributed by atoms with Crippen LogP contribution in [0.25, 0.3) is 0 Å². The van der Waals surface area contributed by atoms with E-state index in [2.05, 4.69) is 10.5 Å². The van der Waals surface area contributed by atoms with Gasteiger partial charge in [-0.25, -0.2) is 5.43 Å². The second-order valence-corrected chi connectivity index (χ2v) is 4.64. The van der Waals surface area contributed by atoms with Crippen molar-refractivity contribution in [3.05, 3.63) is 69.1 Å². The predicted molar refractivity (Wildman–Crippen MR) is 82.9 cm³/mol. The number of hydrogen-bond acceptors (Lipinski definition) is 3. The van der Waals surface area contributed by atoms with E-state index in [0.717, 1.165) is 0 Å². The molecule has 0 saturated heterocycles. The summed E-state index contributed by atoms with van der Waals surface area (Å²) in [5, 5.41) is 4.35. The number of nitrogens with one attached hydrogen (secondary N) is 1. The Hall–Kier alpha value is -2.40. The molecule has 0 aliphatic rings. The van der Waals surface area contributed by atoms with E-state index in [-0.39, 0.29) is 11.1 Å². The summed E-state index contributed by atoms with van der Waals surface area (Å²) in [5.74, 6) is -0.550. The van der Waals surface area contributed by atoms with Gasteiger partial charge in [-0.1, -0.05) is 29.8 Å². The number of amides is 1. The quantitative estimate of drug-likeness (QED) is 0.696. The molecule has 21 heavy (non-hydrogen) atoms. The van der Waals surface area contributed by atoms with Gasteiger partial charge in [-0.15, -0.1) is 0 Å². The fourth-order valence-corrected chi connectivity index (χ4v) is 1.94. The molecular formula is C15H14ClN3O2. The molecule has 2 rings (SSSR count). The van der Waals surface area contributed by atoms with Crippen molar-refractivity contribution in [3.63, 3.8) is 0 Å². The number of hydrogen-bond donors (Lipinski definition) is 1. The van der Waals surface area contributed by atoms with Crippen LogP contribution in [0.3, 0.4) is 0 Å². The van der Waals surface area contributed by atoms with Gasteiger partial charge in [0.1, 0.15) is 5.56 Å². The lowest BCUT2D eigenvalue weighted by Crippen LogP contribution is -2.30. The van der Waals surface area contributed by atoms with Gasteiger partial charge < -0.3 is 4.57 Å². The molecule has 0 aliphatic heterocycles. The Bertz CT molecular complexity index is 738. The number of nitrogens with zero attached hydrogens (tertiary/aromatic N) is 2. The normalized spacial score (nSPS) is 10.8. The molecule has 0 saturated carbocycles. The van der Waals surface area contributed by atoms with Gasteiger partial charge in [0.2, 0.25) is 0 Å². The monoisotopic (exact) mass is 303 g/mol. The molecule has 0 aliphatic carbocycles. The third-order valence-electron chi connectivity index (χ3n) is 2.88. The van der Waals surface area contributed by atoms with Crippen LogP contribution in [0.15, 0.2) is 52.5 Å². The van der Waals surface area contributed by atoms with Gasteiger partial charge >= 0.3 is 0 Å². The molecule has 0 spiro atoms. The minimum atomic E-state index is -0.550. The fraction of sp³-hybridized carbons (Fsp3) is 0.133. The van der Waals surface area contributed by atoms with Crippen LogP contribution in [0.4, 0.5) is 0 Å². The van der Waals surface area contributed by atoms with Crippen LogP contribution in [0, 0.1) is 0 Å². The number of carbonyl (C=O) groups excluding carboxylic acids is 1. The average Bonchev–Trinajstić information content (AvgIpc) is 2.49. The maximum absolute atomic E-state index is 12.0. The lowest BCUT2D eigenvalue weighted by Gasteiger charge is -2.04. The van der Waals surface area contributed by atoms with E-state index in [9.17, 15) is 9.59 Å². The molecule has 1 aromatic heterocycles. The van der Waals surface area contributed by atoms with E-state index in [1.807, 2.05) is 13.0 Å². The fourth-order valence-electron chi connectivity index (χ4n) is 1.76. The van der Waals surface area contributed by atoms with Crippen molar-refractivity contribution >= 4 is 23.7 Å².